The van der Waals surface area contributed by atoms with Crippen LogP contribution in [0.2, 0.25) is 0 Å². The summed E-state index contributed by atoms with van der Waals surface area (Å²) in [6, 6.07) is 5.85. The molecule has 132 valence electrons. The lowest BCUT2D eigenvalue weighted by Crippen LogP contribution is -2.47. The fourth-order valence-electron chi connectivity index (χ4n) is 2.93. The number of amides is 1. The molecular formula is C16H17F4NO3. The second-order valence-electron chi connectivity index (χ2n) is 6.08. The van der Waals surface area contributed by atoms with Gasteiger partial charge in [-0.15, -0.1) is 0 Å². The van der Waals surface area contributed by atoms with E-state index in [1.165, 1.54) is 18.2 Å². The number of alkyl halides is 3. The Morgan fingerprint density at radius 1 is 1.33 bits per heavy atom. The molecule has 0 spiro atoms. The minimum Gasteiger partial charge on any atom is -0.481 e. The van der Waals surface area contributed by atoms with Gasteiger partial charge in [0.1, 0.15) is 5.82 Å². The topological polar surface area (TPSA) is 57.6 Å². The van der Waals surface area contributed by atoms with Gasteiger partial charge in [-0.2, -0.15) is 13.2 Å². The van der Waals surface area contributed by atoms with Crippen LogP contribution in [0.1, 0.15) is 31.2 Å². The molecule has 8 heteroatoms. The molecule has 0 radical (unpaired) electrons. The van der Waals surface area contributed by atoms with Crippen molar-refractivity contribution >= 4 is 11.9 Å². The van der Waals surface area contributed by atoms with Crippen LogP contribution in [0, 0.1) is 11.2 Å². The number of hydrogen-bond donors (Lipinski definition) is 1. The lowest BCUT2D eigenvalue weighted by Gasteiger charge is -2.27. The number of carbonyl (C=O) groups is 2. The lowest BCUT2D eigenvalue weighted by atomic mass is 9.86. The SMILES string of the molecule is CC(CC(=O)N1CCC(C(=O)O)(C(F)(F)F)C1)c1ccccc1F. The fourth-order valence-corrected chi connectivity index (χ4v) is 2.93. The molecule has 1 aliphatic heterocycles. The molecule has 1 aromatic carbocycles. The van der Waals surface area contributed by atoms with Crippen molar-refractivity contribution in [1.29, 1.82) is 0 Å². The van der Waals surface area contributed by atoms with E-state index in [4.69, 9.17) is 5.11 Å². The smallest absolute Gasteiger partial charge is 0.406 e. The summed E-state index contributed by atoms with van der Waals surface area (Å²) in [6.07, 6.45) is -5.80. The first kappa shape index (κ1) is 18.2. The first-order valence-electron chi connectivity index (χ1n) is 7.41. The molecule has 1 heterocycles. The van der Waals surface area contributed by atoms with E-state index in [1.54, 1.807) is 13.0 Å². The molecule has 24 heavy (non-hydrogen) atoms. The number of carboxylic acids is 1. The highest BCUT2D eigenvalue weighted by Crippen LogP contribution is 2.46. The van der Waals surface area contributed by atoms with Crippen molar-refractivity contribution < 1.29 is 32.3 Å². The maximum atomic E-state index is 13.7. The van der Waals surface area contributed by atoms with E-state index >= 15 is 0 Å². The molecule has 0 aliphatic carbocycles. The van der Waals surface area contributed by atoms with Gasteiger partial charge in [0.05, 0.1) is 0 Å². The van der Waals surface area contributed by atoms with E-state index in [9.17, 15) is 27.2 Å². The minimum atomic E-state index is -4.94. The van der Waals surface area contributed by atoms with Gasteiger partial charge in [-0.05, 0) is 24.0 Å². The average molecular weight is 347 g/mol. The van der Waals surface area contributed by atoms with Crippen molar-refractivity contribution in [2.75, 3.05) is 13.1 Å². The van der Waals surface area contributed by atoms with Crippen LogP contribution in [0.4, 0.5) is 17.6 Å². The van der Waals surface area contributed by atoms with Crippen LogP contribution in [-0.4, -0.2) is 41.1 Å². The van der Waals surface area contributed by atoms with E-state index in [0.717, 1.165) is 4.90 Å². The van der Waals surface area contributed by atoms with Gasteiger partial charge in [0.15, 0.2) is 5.41 Å². The van der Waals surface area contributed by atoms with Crippen LogP contribution in [0.5, 0.6) is 0 Å². The Labute approximate surface area is 136 Å². The van der Waals surface area contributed by atoms with E-state index in [1.807, 2.05) is 0 Å². The third-order valence-electron chi connectivity index (χ3n) is 4.49. The van der Waals surface area contributed by atoms with Crippen LogP contribution in [0.3, 0.4) is 0 Å². The predicted octanol–water partition coefficient (Wildman–Crippen LogP) is 3.18. The monoisotopic (exact) mass is 347 g/mol. The molecule has 1 amide bonds. The van der Waals surface area contributed by atoms with E-state index in [2.05, 4.69) is 0 Å². The molecule has 1 N–H and O–H groups in total. The summed E-state index contributed by atoms with van der Waals surface area (Å²) in [6.45, 7) is 0.407. The zero-order chi connectivity index (χ0) is 18.1. The number of likely N-dealkylation sites (tertiary alicyclic amines) is 1. The maximum absolute atomic E-state index is 13.7. The van der Waals surface area contributed by atoms with Crippen molar-refractivity contribution in [1.82, 2.24) is 4.90 Å². The molecule has 1 saturated heterocycles. The molecule has 0 saturated carbocycles. The summed E-state index contributed by atoms with van der Waals surface area (Å²) < 4.78 is 53.0. The highest BCUT2D eigenvalue weighted by Gasteiger charge is 2.64. The van der Waals surface area contributed by atoms with Gasteiger partial charge in [-0.25, -0.2) is 4.39 Å². The van der Waals surface area contributed by atoms with Crippen molar-refractivity contribution in [3.8, 4) is 0 Å². The number of aliphatic carboxylic acids is 1. The third-order valence-corrected chi connectivity index (χ3v) is 4.49. The van der Waals surface area contributed by atoms with E-state index in [0.29, 0.717) is 5.56 Å². The predicted molar refractivity (Wildman–Crippen MR) is 76.8 cm³/mol. The number of hydrogen-bond acceptors (Lipinski definition) is 2. The van der Waals surface area contributed by atoms with E-state index < -0.39 is 48.2 Å². The largest absolute Gasteiger partial charge is 0.481 e. The number of benzene rings is 1. The van der Waals surface area contributed by atoms with E-state index in [-0.39, 0.29) is 13.0 Å². The quantitative estimate of drug-likeness (QED) is 0.851. The number of rotatable bonds is 4. The fraction of sp³-hybridized carbons (Fsp3) is 0.500. The minimum absolute atomic E-state index is 0.186. The van der Waals surface area contributed by atoms with Gasteiger partial charge in [0, 0.05) is 19.5 Å². The van der Waals surface area contributed by atoms with Gasteiger partial charge in [0.25, 0.3) is 0 Å². The second-order valence-corrected chi connectivity index (χ2v) is 6.08. The molecule has 1 aromatic rings. The zero-order valence-corrected chi connectivity index (χ0v) is 12.9. The van der Waals surface area contributed by atoms with Gasteiger partial charge in [-0.1, -0.05) is 25.1 Å². The molecule has 2 rings (SSSR count). The number of carbonyl (C=O) groups excluding carboxylic acids is 1. The van der Waals surface area contributed by atoms with Crippen LogP contribution in [0.15, 0.2) is 24.3 Å². The molecular weight excluding hydrogens is 330 g/mol. The molecule has 0 aromatic heterocycles. The van der Waals surface area contributed by atoms with Crippen molar-refractivity contribution in [2.45, 2.75) is 31.9 Å². The van der Waals surface area contributed by atoms with Crippen molar-refractivity contribution in [3.05, 3.63) is 35.6 Å². The highest BCUT2D eigenvalue weighted by molar-refractivity contribution is 5.81. The molecule has 4 nitrogen and oxygen atoms in total. The Bertz CT molecular complexity index is 646. The summed E-state index contributed by atoms with van der Waals surface area (Å²) in [5.41, 5.74) is -2.63. The Kier molecular flexibility index (Phi) is 4.87. The van der Waals surface area contributed by atoms with Crippen LogP contribution in [-0.2, 0) is 9.59 Å². The number of halogens is 4. The Hall–Kier alpha value is -2.12. The molecule has 1 aliphatic rings. The number of nitrogens with zero attached hydrogens (tertiary/aromatic N) is 1. The molecule has 2 unspecified atom stereocenters. The molecule has 2 atom stereocenters. The Morgan fingerprint density at radius 2 is 1.96 bits per heavy atom. The first-order chi connectivity index (χ1) is 11.1. The third kappa shape index (κ3) is 3.22. The zero-order valence-electron chi connectivity index (χ0n) is 12.9. The average Bonchev–Trinajstić information content (AvgIpc) is 2.94. The molecule has 0 bridgehead atoms. The maximum Gasteiger partial charge on any atom is 0.406 e. The summed E-state index contributed by atoms with van der Waals surface area (Å²) in [5.74, 6) is -3.61. The van der Waals surface area contributed by atoms with Gasteiger partial charge < -0.3 is 10.0 Å². The number of carboxylic acid groups (broad SMARTS) is 1. The van der Waals surface area contributed by atoms with Crippen LogP contribution >= 0.6 is 0 Å². The van der Waals surface area contributed by atoms with Crippen LogP contribution in [0.25, 0.3) is 0 Å². The van der Waals surface area contributed by atoms with Gasteiger partial charge >= 0.3 is 12.1 Å². The summed E-state index contributed by atoms with van der Waals surface area (Å²) in [4.78, 5) is 24.2. The van der Waals surface area contributed by atoms with Gasteiger partial charge in [0.2, 0.25) is 5.91 Å². The first-order valence-corrected chi connectivity index (χ1v) is 7.41. The standard InChI is InChI=1S/C16H17F4NO3/c1-10(11-4-2-3-5-12(11)17)8-13(22)21-7-6-15(9-21,14(23)24)16(18,19)20/h2-5,10H,6-9H2,1H3,(H,23,24). The lowest BCUT2D eigenvalue weighted by molar-refractivity contribution is -0.227. The normalized spacial score (nSPS) is 22.5. The highest BCUT2D eigenvalue weighted by atomic mass is 19.4. The summed E-state index contributed by atoms with van der Waals surface area (Å²) >= 11 is 0. The van der Waals surface area contributed by atoms with Gasteiger partial charge in [-0.3, -0.25) is 9.59 Å². The summed E-state index contributed by atoms with van der Waals surface area (Å²) in [7, 11) is 0. The molecule has 1 fully saturated rings. The Balaban J connectivity index is 2.10. The van der Waals surface area contributed by atoms with Crippen LogP contribution < -0.4 is 0 Å². The van der Waals surface area contributed by atoms with Crippen molar-refractivity contribution in [3.63, 3.8) is 0 Å². The second kappa shape index (κ2) is 6.41. The van der Waals surface area contributed by atoms with Crippen molar-refractivity contribution in [2.24, 2.45) is 5.41 Å². The Morgan fingerprint density at radius 3 is 2.46 bits per heavy atom. The summed E-state index contributed by atoms with van der Waals surface area (Å²) in [5, 5.41) is 8.99.